The number of phosphoric acid groups is 1. The van der Waals surface area contributed by atoms with Crippen molar-refractivity contribution >= 4 is 18.6 Å². The lowest BCUT2D eigenvalue weighted by atomic mass is 9.90. The Morgan fingerprint density at radius 2 is 2.11 bits per heavy atom. The maximum atomic E-state index is 13.0. The van der Waals surface area contributed by atoms with Crippen LogP contribution in [-0.4, -0.2) is 61.3 Å². The summed E-state index contributed by atoms with van der Waals surface area (Å²) < 4.78 is 40.7. The topological polar surface area (TPSA) is 105 Å². The molecule has 1 aromatic heterocycles. The second kappa shape index (κ2) is 7.35. The number of ether oxygens (including phenoxy) is 3. The molecule has 2 bridgehead atoms. The van der Waals surface area contributed by atoms with Crippen molar-refractivity contribution < 1.29 is 32.7 Å². The quantitative estimate of drug-likeness (QED) is 0.713. The van der Waals surface area contributed by atoms with Gasteiger partial charge in [-0.25, -0.2) is 4.57 Å². The summed E-state index contributed by atoms with van der Waals surface area (Å²) in [4.78, 5) is 22.9. The molecule has 4 rings (SSSR count). The van der Waals surface area contributed by atoms with Crippen LogP contribution in [0.4, 0.5) is 0 Å². The van der Waals surface area contributed by atoms with E-state index < -0.39 is 31.7 Å². The van der Waals surface area contributed by atoms with Crippen LogP contribution in [0.3, 0.4) is 0 Å². The summed E-state index contributed by atoms with van der Waals surface area (Å²) in [6.07, 6.45) is 0.0500. The number of aromatic nitrogens is 1. The minimum atomic E-state index is -4.31. The van der Waals surface area contributed by atoms with E-state index in [1.54, 1.807) is 18.3 Å². The van der Waals surface area contributed by atoms with Crippen molar-refractivity contribution in [1.82, 2.24) is 4.57 Å². The van der Waals surface area contributed by atoms with E-state index in [1.165, 1.54) is 11.7 Å². The van der Waals surface area contributed by atoms with Crippen molar-refractivity contribution in [2.45, 2.75) is 23.9 Å². The number of benzene rings is 1. The average Bonchev–Trinajstić information content (AvgIpc) is 2.90. The molecule has 1 aromatic carbocycles. The van der Waals surface area contributed by atoms with Gasteiger partial charge in [0.05, 0.1) is 25.9 Å². The van der Waals surface area contributed by atoms with Gasteiger partial charge in [0.15, 0.2) is 0 Å². The number of hydrogen-bond acceptors (Lipinski definition) is 7. The van der Waals surface area contributed by atoms with Crippen LogP contribution in [0, 0.1) is 0 Å². The summed E-state index contributed by atoms with van der Waals surface area (Å²) in [5.74, 6) is 0. The van der Waals surface area contributed by atoms with Crippen LogP contribution in [0.1, 0.15) is 6.04 Å². The van der Waals surface area contributed by atoms with Crippen LogP contribution in [-0.2, 0) is 27.8 Å². The highest BCUT2D eigenvalue weighted by Crippen LogP contribution is 2.51. The highest BCUT2D eigenvalue weighted by molar-refractivity contribution is 7.47. The Morgan fingerprint density at radius 3 is 2.86 bits per heavy atom. The van der Waals surface area contributed by atoms with E-state index in [4.69, 9.17) is 18.7 Å². The van der Waals surface area contributed by atoms with Gasteiger partial charge in [0.2, 0.25) is 0 Å². The molecule has 2 aliphatic heterocycles. The zero-order valence-electron chi connectivity index (χ0n) is 15.5. The lowest BCUT2D eigenvalue weighted by Gasteiger charge is -2.42. The zero-order chi connectivity index (χ0) is 19.9. The second-order valence-electron chi connectivity index (χ2n) is 6.94. The van der Waals surface area contributed by atoms with Crippen molar-refractivity contribution in [1.29, 1.82) is 0 Å². The van der Waals surface area contributed by atoms with Gasteiger partial charge in [-0.1, -0.05) is 18.2 Å². The molecule has 28 heavy (non-hydrogen) atoms. The van der Waals surface area contributed by atoms with E-state index in [2.05, 4.69) is 4.52 Å². The summed E-state index contributed by atoms with van der Waals surface area (Å²) in [6.45, 7) is 0.394. The first-order valence-corrected chi connectivity index (χ1v) is 10.3. The number of rotatable bonds is 6. The molecule has 152 valence electrons. The van der Waals surface area contributed by atoms with Crippen molar-refractivity contribution in [3.05, 3.63) is 46.9 Å². The van der Waals surface area contributed by atoms with Gasteiger partial charge in [0.25, 0.3) is 5.56 Å². The molecule has 9 nitrogen and oxygen atoms in total. The smallest absolute Gasteiger partial charge is 0.381 e. The third-order valence-corrected chi connectivity index (χ3v) is 6.28. The molecular formula is C18H22NO8P. The van der Waals surface area contributed by atoms with Crippen LogP contribution >= 0.6 is 7.82 Å². The Balaban J connectivity index is 1.74. The van der Waals surface area contributed by atoms with Gasteiger partial charge in [-0.2, -0.15) is 0 Å². The van der Waals surface area contributed by atoms with Crippen molar-refractivity contribution in [3.8, 4) is 0 Å². The molecule has 2 saturated heterocycles. The largest absolute Gasteiger partial charge is 0.472 e. The molecule has 0 aliphatic carbocycles. The van der Waals surface area contributed by atoms with Gasteiger partial charge in [-0.3, -0.25) is 13.8 Å². The molecule has 10 heteroatoms. The number of pyridine rings is 1. The first kappa shape index (κ1) is 19.7. The Bertz CT molecular complexity index is 977. The van der Waals surface area contributed by atoms with Gasteiger partial charge in [0, 0.05) is 25.8 Å². The van der Waals surface area contributed by atoms with Gasteiger partial charge < -0.3 is 23.7 Å². The molecule has 5 atom stereocenters. The molecule has 2 fully saturated rings. The van der Waals surface area contributed by atoms with E-state index in [9.17, 15) is 14.3 Å². The minimum absolute atomic E-state index is 0.108. The second-order valence-corrected chi connectivity index (χ2v) is 8.46. The number of nitrogens with zero attached hydrogens (tertiary/aromatic N) is 1. The number of phosphoric ester groups is 1. The van der Waals surface area contributed by atoms with Crippen molar-refractivity contribution in [3.63, 3.8) is 0 Å². The molecule has 2 aliphatic rings. The summed E-state index contributed by atoms with van der Waals surface area (Å²) in [5.41, 5.74) is -1.24. The number of hydrogen-bond donors (Lipinski definition) is 1. The van der Waals surface area contributed by atoms with Gasteiger partial charge in [0.1, 0.15) is 17.8 Å². The van der Waals surface area contributed by atoms with E-state index >= 15 is 0 Å². The van der Waals surface area contributed by atoms with Gasteiger partial charge >= 0.3 is 7.82 Å². The molecule has 1 N–H and O–H groups in total. The number of fused-ring (bicyclic) bond motifs is 3. The normalized spacial score (nSPS) is 31.8. The molecule has 0 spiro atoms. The third-order valence-electron chi connectivity index (χ3n) is 5.32. The Kier molecular flexibility index (Phi) is 5.18. The average molecular weight is 411 g/mol. The van der Waals surface area contributed by atoms with Gasteiger partial charge in [-0.15, -0.1) is 0 Å². The SMILES string of the molecule is COC[C@@]12CO[C@H]([C@H](n3ccc4ccccc4c3=O)CO1)[C@@H]2OP(=O)(O)OC. The highest BCUT2D eigenvalue weighted by atomic mass is 31.2. The summed E-state index contributed by atoms with van der Waals surface area (Å²) >= 11 is 0. The summed E-state index contributed by atoms with van der Waals surface area (Å²) in [5, 5.41) is 1.40. The Morgan fingerprint density at radius 1 is 1.32 bits per heavy atom. The van der Waals surface area contributed by atoms with E-state index in [1.807, 2.05) is 18.2 Å². The summed E-state index contributed by atoms with van der Waals surface area (Å²) in [7, 11) is -1.73. The maximum Gasteiger partial charge on any atom is 0.472 e. The fraction of sp³-hybridized carbons (Fsp3) is 0.500. The standard InChI is InChI=1S/C18H22NO8P/c1-23-10-18-11-25-15(16(18)27-28(21,22)24-2)14(9-26-18)19-8-7-12-5-3-4-6-13(12)17(19)20/h3-8,14-16H,9-11H2,1-2H3,(H,21,22)/t14-,15-,16+,18+/m1/s1. The number of methoxy groups -OCH3 is 1. The van der Waals surface area contributed by atoms with Crippen LogP contribution in [0.5, 0.6) is 0 Å². The molecule has 3 heterocycles. The Hall–Kier alpha value is -1.58. The van der Waals surface area contributed by atoms with Crippen LogP contribution in [0.25, 0.3) is 10.8 Å². The molecule has 0 radical (unpaired) electrons. The molecule has 0 saturated carbocycles. The van der Waals surface area contributed by atoms with E-state index in [-0.39, 0.29) is 25.4 Å². The Labute approximate surface area is 161 Å². The maximum absolute atomic E-state index is 13.0. The van der Waals surface area contributed by atoms with Gasteiger partial charge in [-0.05, 0) is 17.5 Å². The fourth-order valence-electron chi connectivity index (χ4n) is 3.95. The van der Waals surface area contributed by atoms with Crippen LogP contribution < -0.4 is 5.56 Å². The molecule has 0 amide bonds. The molecule has 2 aromatic rings. The fourth-order valence-corrected chi connectivity index (χ4v) is 4.63. The molecular weight excluding hydrogens is 389 g/mol. The van der Waals surface area contributed by atoms with E-state index in [0.717, 1.165) is 12.5 Å². The van der Waals surface area contributed by atoms with Crippen LogP contribution in [0.2, 0.25) is 0 Å². The van der Waals surface area contributed by atoms with Crippen LogP contribution in [0.15, 0.2) is 41.3 Å². The van der Waals surface area contributed by atoms with Crippen molar-refractivity contribution in [2.24, 2.45) is 0 Å². The van der Waals surface area contributed by atoms with E-state index in [0.29, 0.717) is 5.39 Å². The monoisotopic (exact) mass is 411 g/mol. The first-order chi connectivity index (χ1) is 13.4. The highest BCUT2D eigenvalue weighted by Gasteiger charge is 2.60. The zero-order valence-corrected chi connectivity index (χ0v) is 16.4. The first-order valence-electron chi connectivity index (χ1n) is 8.82. The lowest BCUT2D eigenvalue weighted by Crippen LogP contribution is -2.58. The molecule has 1 unspecified atom stereocenters. The van der Waals surface area contributed by atoms with Crippen molar-refractivity contribution in [2.75, 3.05) is 34.0 Å². The third kappa shape index (κ3) is 3.23. The lowest BCUT2D eigenvalue weighted by molar-refractivity contribution is -0.166. The minimum Gasteiger partial charge on any atom is -0.381 e. The predicted octanol–water partition coefficient (Wildman–Crippen LogP) is 1.49. The predicted molar refractivity (Wildman–Crippen MR) is 99.3 cm³/mol. The summed E-state index contributed by atoms with van der Waals surface area (Å²) in [6, 6.07) is 8.58.